The Bertz CT molecular complexity index is 633. The third kappa shape index (κ3) is 7.23. The fraction of sp³-hybridized carbons (Fsp3) is 0.632. The van der Waals surface area contributed by atoms with Crippen LogP contribution in [0, 0.1) is 5.92 Å². The molecule has 1 aliphatic rings. The van der Waals surface area contributed by atoms with Crippen molar-refractivity contribution < 1.29 is 18.9 Å². The highest BCUT2D eigenvalue weighted by Gasteiger charge is 2.25. The van der Waals surface area contributed by atoms with E-state index in [1.807, 2.05) is 19.2 Å². The van der Waals surface area contributed by atoms with Gasteiger partial charge in [0, 0.05) is 39.7 Å². The average Bonchev–Trinajstić information content (AvgIpc) is 3.14. The summed E-state index contributed by atoms with van der Waals surface area (Å²) in [4.78, 5) is 6.71. The molecule has 1 unspecified atom stereocenters. The SMILES string of the molecule is CN=C(NCc1cc(Br)c(OC)c(OC)c1)N1CCC(COCCOC)C1.I. The lowest BCUT2D eigenvalue weighted by molar-refractivity contribution is 0.0536. The van der Waals surface area contributed by atoms with Gasteiger partial charge in [0.2, 0.25) is 0 Å². The van der Waals surface area contributed by atoms with Gasteiger partial charge in [-0.3, -0.25) is 4.99 Å². The normalized spacial score (nSPS) is 16.7. The number of methoxy groups -OCH3 is 3. The Balaban J connectivity index is 0.00000392. The monoisotopic (exact) mass is 571 g/mol. The number of halogens is 2. The molecule has 1 fully saturated rings. The van der Waals surface area contributed by atoms with Crippen molar-refractivity contribution in [3.8, 4) is 11.5 Å². The van der Waals surface area contributed by atoms with Gasteiger partial charge in [-0.25, -0.2) is 0 Å². The zero-order valence-corrected chi connectivity index (χ0v) is 20.9. The summed E-state index contributed by atoms with van der Waals surface area (Å²) < 4.78 is 22.3. The third-order valence-electron chi connectivity index (χ3n) is 4.53. The second kappa shape index (κ2) is 13.4. The van der Waals surface area contributed by atoms with E-state index in [-0.39, 0.29) is 24.0 Å². The van der Waals surface area contributed by atoms with Gasteiger partial charge in [0.1, 0.15) is 0 Å². The second-order valence-electron chi connectivity index (χ2n) is 6.38. The van der Waals surface area contributed by atoms with E-state index in [0.29, 0.717) is 37.2 Å². The van der Waals surface area contributed by atoms with Crippen LogP contribution in [0.4, 0.5) is 0 Å². The standard InChI is InChI=1S/C19H30BrN3O4.HI/c1-21-19(23-6-5-14(12-23)13-27-8-7-24-2)22-11-15-9-16(20)18(26-4)17(10-15)25-3;/h9-10,14H,5-8,11-13H2,1-4H3,(H,21,22);1H. The number of hydrogen-bond acceptors (Lipinski definition) is 5. The average molecular weight is 572 g/mol. The summed E-state index contributed by atoms with van der Waals surface area (Å²) in [6.07, 6.45) is 1.11. The Morgan fingerprint density at radius 2 is 2.04 bits per heavy atom. The van der Waals surface area contributed by atoms with Crippen molar-refractivity contribution in [3.05, 3.63) is 22.2 Å². The van der Waals surface area contributed by atoms with Gasteiger partial charge in [-0.1, -0.05) is 0 Å². The molecular weight excluding hydrogens is 541 g/mol. The quantitative estimate of drug-likeness (QED) is 0.213. The van der Waals surface area contributed by atoms with Crippen molar-refractivity contribution in [2.24, 2.45) is 10.9 Å². The molecule has 0 bridgehead atoms. The van der Waals surface area contributed by atoms with E-state index in [2.05, 4.69) is 31.1 Å². The van der Waals surface area contributed by atoms with Gasteiger partial charge < -0.3 is 29.2 Å². The highest BCUT2D eigenvalue weighted by atomic mass is 127. The lowest BCUT2D eigenvalue weighted by atomic mass is 10.1. The maximum Gasteiger partial charge on any atom is 0.193 e. The van der Waals surface area contributed by atoms with E-state index in [1.54, 1.807) is 21.3 Å². The van der Waals surface area contributed by atoms with Crippen molar-refractivity contribution in [1.29, 1.82) is 0 Å². The summed E-state index contributed by atoms with van der Waals surface area (Å²) in [5.41, 5.74) is 1.08. The van der Waals surface area contributed by atoms with Crippen molar-refractivity contribution in [2.45, 2.75) is 13.0 Å². The minimum absolute atomic E-state index is 0. The number of rotatable bonds is 9. The first kappa shape index (κ1) is 25.3. The Hall–Kier alpha value is -0.780. The summed E-state index contributed by atoms with van der Waals surface area (Å²) >= 11 is 3.54. The molecule has 1 N–H and O–H groups in total. The van der Waals surface area contributed by atoms with Crippen LogP contribution >= 0.6 is 39.9 Å². The van der Waals surface area contributed by atoms with Crippen LogP contribution in [0.15, 0.2) is 21.6 Å². The molecule has 0 saturated carbocycles. The van der Waals surface area contributed by atoms with Gasteiger partial charge in [-0.2, -0.15) is 0 Å². The van der Waals surface area contributed by atoms with Crippen LogP contribution in [-0.4, -0.2) is 72.1 Å². The summed E-state index contributed by atoms with van der Waals surface area (Å²) in [7, 11) is 6.77. The van der Waals surface area contributed by atoms with E-state index < -0.39 is 0 Å². The van der Waals surface area contributed by atoms with E-state index in [1.165, 1.54) is 0 Å². The number of hydrogen-bond donors (Lipinski definition) is 1. The molecule has 1 aromatic carbocycles. The van der Waals surface area contributed by atoms with Crippen molar-refractivity contribution in [1.82, 2.24) is 10.2 Å². The first-order valence-corrected chi connectivity index (χ1v) is 9.84. The van der Waals surface area contributed by atoms with Gasteiger partial charge in [0.25, 0.3) is 0 Å². The highest BCUT2D eigenvalue weighted by molar-refractivity contribution is 14.0. The molecule has 1 aromatic rings. The lowest BCUT2D eigenvalue weighted by Crippen LogP contribution is -2.39. The van der Waals surface area contributed by atoms with Crippen LogP contribution in [0.2, 0.25) is 0 Å². The summed E-state index contributed by atoms with van der Waals surface area (Å²) in [5.74, 6) is 2.82. The zero-order valence-electron chi connectivity index (χ0n) is 17.0. The topological polar surface area (TPSA) is 64.6 Å². The minimum atomic E-state index is 0. The minimum Gasteiger partial charge on any atom is -0.493 e. The Labute approximate surface area is 193 Å². The molecule has 1 atom stereocenters. The molecule has 0 amide bonds. The van der Waals surface area contributed by atoms with Gasteiger partial charge in [0.15, 0.2) is 17.5 Å². The number of ether oxygens (including phenoxy) is 4. The van der Waals surface area contributed by atoms with Crippen LogP contribution in [0.1, 0.15) is 12.0 Å². The fourth-order valence-electron chi connectivity index (χ4n) is 3.14. The molecule has 28 heavy (non-hydrogen) atoms. The molecule has 1 aliphatic heterocycles. The van der Waals surface area contributed by atoms with Crippen molar-refractivity contribution in [2.75, 3.05) is 61.3 Å². The number of nitrogens with one attached hydrogen (secondary N) is 1. The van der Waals surface area contributed by atoms with Gasteiger partial charge >= 0.3 is 0 Å². The maximum absolute atomic E-state index is 5.67. The van der Waals surface area contributed by atoms with Crippen LogP contribution in [-0.2, 0) is 16.0 Å². The number of aliphatic imine (C=N–C) groups is 1. The van der Waals surface area contributed by atoms with Gasteiger partial charge in [0.05, 0.1) is 38.5 Å². The predicted octanol–water partition coefficient (Wildman–Crippen LogP) is 3.14. The first-order valence-electron chi connectivity index (χ1n) is 9.05. The Morgan fingerprint density at radius 1 is 1.25 bits per heavy atom. The Kier molecular flexibility index (Phi) is 12.1. The highest BCUT2D eigenvalue weighted by Crippen LogP contribution is 2.36. The van der Waals surface area contributed by atoms with Crippen molar-refractivity contribution >= 4 is 45.9 Å². The predicted molar refractivity (Wildman–Crippen MR) is 125 cm³/mol. The molecule has 7 nitrogen and oxygen atoms in total. The smallest absolute Gasteiger partial charge is 0.193 e. The van der Waals surface area contributed by atoms with Gasteiger partial charge in [-0.05, 0) is 40.0 Å². The van der Waals surface area contributed by atoms with E-state index in [0.717, 1.165) is 42.1 Å². The largest absolute Gasteiger partial charge is 0.493 e. The van der Waals surface area contributed by atoms with Crippen molar-refractivity contribution in [3.63, 3.8) is 0 Å². The summed E-state index contributed by atoms with van der Waals surface area (Å²) in [6.45, 7) is 4.63. The molecular formula is C19H31BrIN3O4. The zero-order chi connectivity index (χ0) is 19.6. The van der Waals surface area contributed by atoms with Crippen LogP contribution in [0.3, 0.4) is 0 Å². The van der Waals surface area contributed by atoms with E-state index in [4.69, 9.17) is 18.9 Å². The number of guanidine groups is 1. The number of benzene rings is 1. The summed E-state index contributed by atoms with van der Waals surface area (Å²) in [5, 5.41) is 3.44. The van der Waals surface area contributed by atoms with Crippen LogP contribution in [0.5, 0.6) is 11.5 Å². The van der Waals surface area contributed by atoms with E-state index >= 15 is 0 Å². The molecule has 160 valence electrons. The van der Waals surface area contributed by atoms with E-state index in [9.17, 15) is 0 Å². The van der Waals surface area contributed by atoms with Gasteiger partial charge in [-0.15, -0.1) is 24.0 Å². The second-order valence-corrected chi connectivity index (χ2v) is 7.24. The molecule has 0 aliphatic carbocycles. The molecule has 1 saturated heterocycles. The molecule has 2 rings (SSSR count). The Morgan fingerprint density at radius 3 is 2.68 bits per heavy atom. The number of nitrogens with zero attached hydrogens (tertiary/aromatic N) is 2. The molecule has 0 spiro atoms. The molecule has 9 heteroatoms. The third-order valence-corrected chi connectivity index (χ3v) is 5.12. The number of likely N-dealkylation sites (tertiary alicyclic amines) is 1. The fourth-order valence-corrected chi connectivity index (χ4v) is 3.79. The van der Waals surface area contributed by atoms with Crippen LogP contribution in [0.25, 0.3) is 0 Å². The summed E-state index contributed by atoms with van der Waals surface area (Å²) in [6, 6.07) is 4.00. The maximum atomic E-state index is 5.67. The first-order chi connectivity index (χ1) is 13.1. The lowest BCUT2D eigenvalue weighted by Gasteiger charge is -2.22. The molecule has 0 aromatic heterocycles. The molecule has 0 radical (unpaired) electrons. The van der Waals surface area contributed by atoms with Crippen LogP contribution < -0.4 is 14.8 Å². The molecule has 1 heterocycles.